The highest BCUT2D eigenvalue weighted by molar-refractivity contribution is 9.10. The third-order valence-corrected chi connectivity index (χ3v) is 4.63. The molecule has 1 fully saturated rings. The van der Waals surface area contributed by atoms with Gasteiger partial charge < -0.3 is 5.32 Å². The maximum atomic E-state index is 4.38. The maximum Gasteiger partial charge on any atom is 0.155 e. The molecule has 1 saturated carbocycles. The van der Waals surface area contributed by atoms with Crippen LogP contribution in [0.3, 0.4) is 0 Å². The van der Waals surface area contributed by atoms with Crippen molar-refractivity contribution in [3.8, 4) is 0 Å². The molecule has 1 N–H and O–H groups in total. The van der Waals surface area contributed by atoms with Gasteiger partial charge in [-0.25, -0.2) is 9.97 Å². The van der Waals surface area contributed by atoms with Crippen molar-refractivity contribution in [1.82, 2.24) is 19.7 Å². The van der Waals surface area contributed by atoms with Gasteiger partial charge in [-0.05, 0) is 47.2 Å². The molecular weight excluding hydrogens is 316 g/mol. The van der Waals surface area contributed by atoms with Crippen LogP contribution >= 0.6 is 15.9 Å². The molecule has 2 atom stereocenters. The van der Waals surface area contributed by atoms with E-state index >= 15 is 0 Å². The average molecular weight is 337 g/mol. The molecule has 0 radical (unpaired) electrons. The number of fused-ring (bicyclic) bond motifs is 1. The van der Waals surface area contributed by atoms with Crippen molar-refractivity contribution in [2.75, 3.05) is 6.54 Å². The molecule has 0 bridgehead atoms. The first-order chi connectivity index (χ1) is 9.72. The summed E-state index contributed by atoms with van der Waals surface area (Å²) in [6.45, 7) is 4.35. The molecule has 1 aliphatic carbocycles. The Morgan fingerprint density at radius 2 is 2.25 bits per heavy atom. The van der Waals surface area contributed by atoms with Crippen molar-refractivity contribution in [3.05, 3.63) is 28.9 Å². The summed E-state index contributed by atoms with van der Waals surface area (Å²) in [6.07, 6.45) is 11.2. The van der Waals surface area contributed by atoms with Crippen LogP contribution < -0.4 is 5.32 Å². The fraction of sp³-hybridized carbons (Fsp3) is 0.600. The van der Waals surface area contributed by atoms with Gasteiger partial charge in [-0.3, -0.25) is 4.40 Å². The second-order valence-corrected chi connectivity index (χ2v) is 6.77. The van der Waals surface area contributed by atoms with Gasteiger partial charge in [0.15, 0.2) is 5.65 Å². The molecule has 4 nitrogen and oxygen atoms in total. The summed E-state index contributed by atoms with van der Waals surface area (Å²) in [5, 5.41) is 3.59. The summed E-state index contributed by atoms with van der Waals surface area (Å²) < 4.78 is 2.93. The van der Waals surface area contributed by atoms with Crippen molar-refractivity contribution in [2.45, 2.75) is 39.2 Å². The van der Waals surface area contributed by atoms with E-state index in [4.69, 9.17) is 0 Å². The number of nitrogens with zero attached hydrogens (tertiary/aromatic N) is 3. The largest absolute Gasteiger partial charge is 0.311 e. The highest BCUT2D eigenvalue weighted by Crippen LogP contribution is 2.27. The topological polar surface area (TPSA) is 42.2 Å². The normalized spacial score (nSPS) is 23.3. The van der Waals surface area contributed by atoms with E-state index in [1.165, 1.54) is 31.4 Å². The monoisotopic (exact) mass is 336 g/mol. The number of hydrogen-bond donors (Lipinski definition) is 1. The van der Waals surface area contributed by atoms with Crippen LogP contribution in [0.4, 0.5) is 0 Å². The van der Waals surface area contributed by atoms with E-state index in [1.54, 1.807) is 6.20 Å². The summed E-state index contributed by atoms with van der Waals surface area (Å²) in [6, 6.07) is 0. The molecule has 1 aliphatic rings. The van der Waals surface area contributed by atoms with Crippen LogP contribution in [-0.4, -0.2) is 20.9 Å². The van der Waals surface area contributed by atoms with Crippen LogP contribution in [0.25, 0.3) is 5.65 Å². The second kappa shape index (κ2) is 6.22. The van der Waals surface area contributed by atoms with E-state index in [9.17, 15) is 0 Å². The lowest BCUT2D eigenvalue weighted by molar-refractivity contribution is 0.274. The molecule has 2 unspecified atom stereocenters. The Labute approximate surface area is 128 Å². The molecule has 0 aromatic carbocycles. The Kier molecular flexibility index (Phi) is 4.36. The van der Waals surface area contributed by atoms with E-state index in [0.29, 0.717) is 0 Å². The number of hydrogen-bond acceptors (Lipinski definition) is 3. The minimum absolute atomic E-state index is 0.838. The summed E-state index contributed by atoms with van der Waals surface area (Å²) in [4.78, 5) is 8.57. The lowest BCUT2D eigenvalue weighted by atomic mass is 9.82. The molecule has 0 aliphatic heterocycles. The van der Waals surface area contributed by atoms with Gasteiger partial charge in [0, 0.05) is 12.7 Å². The van der Waals surface area contributed by atoms with Crippen LogP contribution in [0, 0.1) is 11.8 Å². The SMILES string of the molecule is CC1CCCC(CNCc2cnc3cnc(Br)cn23)C1. The van der Waals surface area contributed by atoms with Gasteiger partial charge in [0.1, 0.15) is 4.60 Å². The first kappa shape index (κ1) is 14.0. The van der Waals surface area contributed by atoms with E-state index in [1.807, 2.05) is 12.4 Å². The zero-order chi connectivity index (χ0) is 13.9. The third-order valence-electron chi connectivity index (χ3n) is 4.23. The van der Waals surface area contributed by atoms with Crippen LogP contribution in [0.15, 0.2) is 23.2 Å². The standard InChI is InChI=1S/C15H21BrN4/c1-11-3-2-4-12(5-11)6-17-7-13-8-19-15-9-18-14(16)10-20(13)15/h8-12,17H,2-7H2,1H3. The van der Waals surface area contributed by atoms with Crippen LogP contribution in [0.1, 0.15) is 38.3 Å². The minimum Gasteiger partial charge on any atom is -0.311 e. The van der Waals surface area contributed by atoms with Gasteiger partial charge in [-0.1, -0.05) is 19.8 Å². The highest BCUT2D eigenvalue weighted by atomic mass is 79.9. The highest BCUT2D eigenvalue weighted by Gasteiger charge is 2.18. The van der Waals surface area contributed by atoms with E-state index in [2.05, 4.69) is 42.5 Å². The van der Waals surface area contributed by atoms with Gasteiger partial charge in [0.2, 0.25) is 0 Å². The molecule has 20 heavy (non-hydrogen) atoms. The van der Waals surface area contributed by atoms with E-state index in [-0.39, 0.29) is 0 Å². The van der Waals surface area contributed by atoms with Crippen molar-refractivity contribution in [1.29, 1.82) is 0 Å². The number of rotatable bonds is 4. The van der Waals surface area contributed by atoms with Gasteiger partial charge in [0.25, 0.3) is 0 Å². The lowest BCUT2D eigenvalue weighted by Gasteiger charge is -2.26. The molecule has 0 saturated heterocycles. The fourth-order valence-corrected chi connectivity index (χ4v) is 3.50. The van der Waals surface area contributed by atoms with Crippen LogP contribution in [0.2, 0.25) is 0 Å². The Bertz CT molecular complexity index is 580. The first-order valence-electron chi connectivity index (χ1n) is 7.40. The molecule has 2 aromatic heterocycles. The summed E-state index contributed by atoms with van der Waals surface area (Å²) in [5.41, 5.74) is 2.09. The Balaban J connectivity index is 1.58. The quantitative estimate of drug-likeness (QED) is 0.930. The predicted octanol–water partition coefficient (Wildman–Crippen LogP) is 3.41. The van der Waals surface area contributed by atoms with Crippen molar-refractivity contribution < 1.29 is 0 Å². The van der Waals surface area contributed by atoms with Crippen LogP contribution in [0.5, 0.6) is 0 Å². The second-order valence-electron chi connectivity index (χ2n) is 5.96. The molecule has 2 heterocycles. The Hall–Kier alpha value is -0.940. The Morgan fingerprint density at radius 1 is 1.35 bits per heavy atom. The summed E-state index contributed by atoms with van der Waals surface area (Å²) >= 11 is 3.41. The third kappa shape index (κ3) is 3.20. The van der Waals surface area contributed by atoms with E-state index in [0.717, 1.165) is 35.2 Å². The van der Waals surface area contributed by atoms with Crippen molar-refractivity contribution in [2.24, 2.45) is 11.8 Å². The van der Waals surface area contributed by atoms with Gasteiger partial charge in [-0.15, -0.1) is 0 Å². The molecule has 108 valence electrons. The minimum atomic E-state index is 0.838. The number of nitrogens with one attached hydrogen (secondary N) is 1. The molecule has 2 aromatic rings. The van der Waals surface area contributed by atoms with Crippen molar-refractivity contribution >= 4 is 21.6 Å². The average Bonchev–Trinajstić information content (AvgIpc) is 2.82. The summed E-state index contributed by atoms with van der Waals surface area (Å²) in [7, 11) is 0. The zero-order valence-electron chi connectivity index (χ0n) is 11.8. The van der Waals surface area contributed by atoms with Gasteiger partial charge >= 0.3 is 0 Å². The van der Waals surface area contributed by atoms with Crippen molar-refractivity contribution in [3.63, 3.8) is 0 Å². The molecule has 0 amide bonds. The molecule has 3 rings (SSSR count). The lowest BCUT2D eigenvalue weighted by Crippen LogP contribution is -2.26. The van der Waals surface area contributed by atoms with Gasteiger partial charge in [-0.2, -0.15) is 0 Å². The maximum absolute atomic E-state index is 4.38. The number of aromatic nitrogens is 3. The van der Waals surface area contributed by atoms with Gasteiger partial charge in [0.05, 0.1) is 18.1 Å². The zero-order valence-corrected chi connectivity index (χ0v) is 13.4. The predicted molar refractivity (Wildman–Crippen MR) is 83.5 cm³/mol. The molecular formula is C15H21BrN4. The fourth-order valence-electron chi connectivity index (χ4n) is 3.20. The summed E-state index contributed by atoms with van der Waals surface area (Å²) in [5.74, 6) is 1.74. The van der Waals surface area contributed by atoms with Crippen LogP contribution in [-0.2, 0) is 6.54 Å². The molecule has 5 heteroatoms. The molecule has 0 spiro atoms. The smallest absolute Gasteiger partial charge is 0.155 e. The van der Waals surface area contributed by atoms with E-state index < -0.39 is 0 Å². The number of halogens is 1. The Morgan fingerprint density at radius 3 is 3.10 bits per heavy atom. The first-order valence-corrected chi connectivity index (χ1v) is 8.20. The number of imidazole rings is 1.